The predicted molar refractivity (Wildman–Crippen MR) is 178 cm³/mol. The van der Waals surface area contributed by atoms with Crippen molar-refractivity contribution in [2.24, 2.45) is 0 Å². The summed E-state index contributed by atoms with van der Waals surface area (Å²) in [6.45, 7) is 9.93. The van der Waals surface area contributed by atoms with Crippen LogP contribution in [0.25, 0.3) is 0 Å². The molecule has 47 heavy (non-hydrogen) atoms. The molecular formula is C33H45N5O8S. The van der Waals surface area contributed by atoms with Gasteiger partial charge in [-0.25, -0.2) is 13.2 Å². The fourth-order valence-electron chi connectivity index (χ4n) is 4.67. The van der Waals surface area contributed by atoms with Crippen LogP contribution in [-0.2, 0) is 20.2 Å². The molecule has 0 saturated carbocycles. The normalized spacial score (nSPS) is 13.7. The average Bonchev–Trinajstić information content (AvgIpc) is 3.06. The first kappa shape index (κ1) is 35.6. The zero-order valence-corrected chi connectivity index (χ0v) is 28.5. The average molecular weight is 672 g/mol. The van der Waals surface area contributed by atoms with E-state index in [4.69, 9.17) is 18.9 Å². The van der Waals surface area contributed by atoms with Crippen LogP contribution in [-0.4, -0.2) is 87.6 Å². The molecule has 0 aliphatic carbocycles. The van der Waals surface area contributed by atoms with Gasteiger partial charge in [0.2, 0.25) is 11.7 Å². The summed E-state index contributed by atoms with van der Waals surface area (Å²) in [4.78, 5) is 25.3. The Labute approximate surface area is 276 Å². The van der Waals surface area contributed by atoms with Crippen LogP contribution in [0, 0.1) is 0 Å². The first-order chi connectivity index (χ1) is 22.5. The van der Waals surface area contributed by atoms with Crippen molar-refractivity contribution in [3.63, 3.8) is 0 Å². The number of para-hydroxylation sites is 2. The van der Waals surface area contributed by atoms with Crippen LogP contribution in [0.3, 0.4) is 0 Å². The number of aliphatic hydroxyl groups is 1. The number of aliphatic hydroxyl groups excluding tert-OH is 1. The van der Waals surface area contributed by atoms with E-state index in [0.29, 0.717) is 45.0 Å². The van der Waals surface area contributed by atoms with Crippen molar-refractivity contribution in [1.82, 2.24) is 14.9 Å². The number of rotatable bonds is 14. The van der Waals surface area contributed by atoms with E-state index < -0.39 is 10.0 Å². The lowest BCUT2D eigenvalue weighted by Crippen LogP contribution is -2.49. The fraction of sp³-hybridized carbons (Fsp3) is 0.485. The molecule has 0 atom stereocenters. The SMILES string of the molecule is CCCCOC(=O)N1CCN(c2nc(NS(=O)(=O)c3ccc(C(C)(C)C)cc3)c(Oc3ccccc3OC)c(OCCCO)n2)CC1. The Morgan fingerprint density at radius 2 is 1.64 bits per heavy atom. The monoisotopic (exact) mass is 671 g/mol. The number of hydrogen-bond donors (Lipinski definition) is 2. The summed E-state index contributed by atoms with van der Waals surface area (Å²) in [7, 11) is -2.67. The summed E-state index contributed by atoms with van der Waals surface area (Å²) in [5, 5.41) is 9.41. The second-order valence-electron chi connectivity index (χ2n) is 12.0. The Morgan fingerprint density at radius 1 is 0.957 bits per heavy atom. The lowest BCUT2D eigenvalue weighted by atomic mass is 9.87. The number of carbonyl (C=O) groups is 1. The minimum Gasteiger partial charge on any atom is -0.493 e. The van der Waals surface area contributed by atoms with Crippen molar-refractivity contribution < 1.29 is 37.3 Å². The van der Waals surface area contributed by atoms with Gasteiger partial charge >= 0.3 is 6.09 Å². The molecule has 4 rings (SSSR count). The number of anilines is 2. The molecule has 14 heteroatoms. The lowest BCUT2D eigenvalue weighted by Gasteiger charge is -2.34. The van der Waals surface area contributed by atoms with Crippen LogP contribution >= 0.6 is 0 Å². The number of ether oxygens (including phenoxy) is 4. The van der Waals surface area contributed by atoms with Gasteiger partial charge in [-0.2, -0.15) is 9.97 Å². The molecule has 0 spiro atoms. The van der Waals surface area contributed by atoms with Crippen LogP contribution in [0.2, 0.25) is 0 Å². The molecule has 256 valence electrons. The van der Waals surface area contributed by atoms with Gasteiger partial charge in [-0.1, -0.05) is 58.4 Å². The van der Waals surface area contributed by atoms with Crippen LogP contribution < -0.4 is 23.8 Å². The maximum absolute atomic E-state index is 13.8. The number of amides is 1. The van der Waals surface area contributed by atoms with Gasteiger partial charge < -0.3 is 33.9 Å². The molecule has 2 aromatic carbocycles. The number of carbonyl (C=O) groups excluding carboxylic acids is 1. The van der Waals surface area contributed by atoms with Crippen molar-refractivity contribution >= 4 is 27.9 Å². The van der Waals surface area contributed by atoms with Gasteiger partial charge in [-0.15, -0.1) is 0 Å². The number of unbranched alkanes of at least 4 members (excludes halogenated alkanes) is 1. The zero-order chi connectivity index (χ0) is 34.0. The molecule has 1 aromatic heterocycles. The molecule has 0 bridgehead atoms. The Bertz CT molecular complexity index is 1590. The number of methoxy groups -OCH3 is 1. The maximum atomic E-state index is 13.8. The molecule has 3 aromatic rings. The van der Waals surface area contributed by atoms with Crippen molar-refractivity contribution in [1.29, 1.82) is 0 Å². The summed E-state index contributed by atoms with van der Waals surface area (Å²) in [6, 6.07) is 13.5. The maximum Gasteiger partial charge on any atom is 0.409 e. The van der Waals surface area contributed by atoms with Gasteiger partial charge in [0.1, 0.15) is 0 Å². The predicted octanol–water partition coefficient (Wildman–Crippen LogP) is 5.20. The minimum atomic E-state index is -4.16. The van der Waals surface area contributed by atoms with Crippen LogP contribution in [0.4, 0.5) is 16.6 Å². The van der Waals surface area contributed by atoms with E-state index in [1.807, 2.05) is 32.6 Å². The molecule has 1 aliphatic heterocycles. The summed E-state index contributed by atoms with van der Waals surface area (Å²) in [5.74, 6) is 0.591. The third-order valence-electron chi connectivity index (χ3n) is 7.45. The molecule has 1 fully saturated rings. The van der Waals surface area contributed by atoms with E-state index in [1.54, 1.807) is 53.4 Å². The van der Waals surface area contributed by atoms with Gasteiger partial charge in [0, 0.05) is 39.2 Å². The van der Waals surface area contributed by atoms with E-state index in [9.17, 15) is 18.3 Å². The minimum absolute atomic E-state index is 0.0310. The number of sulfonamides is 1. The summed E-state index contributed by atoms with van der Waals surface area (Å²) >= 11 is 0. The molecular weight excluding hydrogens is 626 g/mol. The van der Waals surface area contributed by atoms with Gasteiger partial charge in [0.25, 0.3) is 15.9 Å². The Balaban J connectivity index is 1.73. The molecule has 13 nitrogen and oxygen atoms in total. The van der Waals surface area contributed by atoms with Gasteiger partial charge in [0.05, 0.1) is 25.2 Å². The van der Waals surface area contributed by atoms with Crippen molar-refractivity contribution in [3.05, 3.63) is 54.1 Å². The molecule has 1 aliphatic rings. The number of nitrogens with zero attached hydrogens (tertiary/aromatic N) is 4. The Hall–Kier alpha value is -4.30. The highest BCUT2D eigenvalue weighted by molar-refractivity contribution is 7.92. The molecule has 1 saturated heterocycles. The number of hydrogen-bond acceptors (Lipinski definition) is 11. The second-order valence-corrected chi connectivity index (χ2v) is 13.7. The van der Waals surface area contributed by atoms with Crippen molar-refractivity contribution in [2.75, 3.05) is 62.7 Å². The summed E-state index contributed by atoms with van der Waals surface area (Å²) < 4.78 is 53.2. The molecule has 0 unspecified atom stereocenters. The van der Waals surface area contributed by atoms with Gasteiger partial charge in [-0.3, -0.25) is 4.72 Å². The standard InChI is InChI=1S/C33H45N5O8S/c1-6-7-22-45-32(40)38-19-17-37(18-20-38)31-34-29(36-47(41,42)25-15-13-24(14-16-25)33(2,3)4)28(30(35-31)44-23-10-21-39)46-27-12-9-8-11-26(27)43-5/h8-9,11-16,39H,6-7,10,17-23H2,1-5H3,(H,34,35,36). The third kappa shape index (κ3) is 9.38. The van der Waals surface area contributed by atoms with Gasteiger partial charge in [0.15, 0.2) is 17.3 Å². The van der Waals surface area contributed by atoms with Crippen LogP contribution in [0.1, 0.15) is 52.5 Å². The molecule has 2 heterocycles. The van der Waals surface area contributed by atoms with E-state index in [0.717, 1.165) is 18.4 Å². The highest BCUT2D eigenvalue weighted by Gasteiger charge is 2.29. The van der Waals surface area contributed by atoms with Gasteiger partial charge in [-0.05, 0) is 41.7 Å². The first-order valence-electron chi connectivity index (χ1n) is 15.7. The molecule has 0 radical (unpaired) electrons. The van der Waals surface area contributed by atoms with E-state index in [1.165, 1.54) is 7.11 Å². The van der Waals surface area contributed by atoms with E-state index in [-0.39, 0.29) is 58.8 Å². The first-order valence-corrected chi connectivity index (χ1v) is 17.2. The summed E-state index contributed by atoms with van der Waals surface area (Å²) in [6.07, 6.45) is 1.64. The number of piperazine rings is 1. The smallest absolute Gasteiger partial charge is 0.409 e. The number of nitrogens with one attached hydrogen (secondary N) is 1. The van der Waals surface area contributed by atoms with Crippen molar-refractivity contribution in [3.8, 4) is 23.1 Å². The van der Waals surface area contributed by atoms with Crippen LogP contribution in [0.5, 0.6) is 23.1 Å². The van der Waals surface area contributed by atoms with Crippen LogP contribution in [0.15, 0.2) is 53.4 Å². The highest BCUT2D eigenvalue weighted by Crippen LogP contribution is 2.42. The Kier molecular flexibility index (Phi) is 12.1. The number of benzene rings is 2. The lowest BCUT2D eigenvalue weighted by molar-refractivity contribution is 0.0988. The molecule has 2 N–H and O–H groups in total. The quantitative estimate of drug-likeness (QED) is 0.218. The van der Waals surface area contributed by atoms with E-state index >= 15 is 0 Å². The van der Waals surface area contributed by atoms with Crippen molar-refractivity contribution in [2.45, 2.75) is 57.3 Å². The zero-order valence-electron chi connectivity index (χ0n) is 27.7. The molecule has 1 amide bonds. The summed E-state index contributed by atoms with van der Waals surface area (Å²) in [5.41, 5.74) is 0.818. The van der Waals surface area contributed by atoms with E-state index in [2.05, 4.69) is 14.7 Å². The fourth-order valence-corrected chi connectivity index (χ4v) is 5.68. The topological polar surface area (TPSA) is 153 Å². The highest BCUT2D eigenvalue weighted by atomic mass is 32.2. The third-order valence-corrected chi connectivity index (χ3v) is 8.81. The number of aromatic nitrogens is 2. The second kappa shape index (κ2) is 16.0. The Morgan fingerprint density at radius 3 is 2.26 bits per heavy atom. The largest absolute Gasteiger partial charge is 0.493 e.